The van der Waals surface area contributed by atoms with E-state index >= 15 is 0 Å². The molecule has 0 radical (unpaired) electrons. The number of thiophene rings is 1. The highest BCUT2D eigenvalue weighted by Crippen LogP contribution is 2.40. The summed E-state index contributed by atoms with van der Waals surface area (Å²) in [6.07, 6.45) is -0.570. The zero-order chi connectivity index (χ0) is 18.8. The Hall–Kier alpha value is -2.29. The van der Waals surface area contributed by atoms with Crippen LogP contribution in [0.15, 0.2) is 5.38 Å². The molecule has 2 amide bonds. The molecule has 1 N–H and O–H groups in total. The number of methoxy groups -OCH3 is 1. The molecule has 0 saturated heterocycles. The van der Waals surface area contributed by atoms with Crippen molar-refractivity contribution >= 4 is 35.0 Å². The highest BCUT2D eigenvalue weighted by Gasteiger charge is 2.33. The maximum atomic E-state index is 12.3. The van der Waals surface area contributed by atoms with Crippen molar-refractivity contribution in [3.05, 3.63) is 10.3 Å². The van der Waals surface area contributed by atoms with Crippen molar-refractivity contribution in [3.63, 3.8) is 0 Å². The van der Waals surface area contributed by atoms with E-state index in [2.05, 4.69) is 5.32 Å². The minimum absolute atomic E-state index is 0.122. The number of rotatable bonds is 4. The lowest BCUT2D eigenvalue weighted by Gasteiger charge is -2.30. The summed E-state index contributed by atoms with van der Waals surface area (Å²) in [7, 11) is 1.27. The van der Waals surface area contributed by atoms with Crippen LogP contribution in [0, 0.1) is 0 Å². The van der Waals surface area contributed by atoms with Gasteiger partial charge in [0.05, 0.1) is 7.11 Å². The molecule has 1 atom stereocenters. The van der Waals surface area contributed by atoms with Crippen LogP contribution in [0.1, 0.15) is 37.4 Å². The van der Waals surface area contributed by atoms with Gasteiger partial charge in [0.15, 0.2) is 12.4 Å². The molecule has 0 bridgehead atoms. The SMILES string of the molecule is COC(=O)c1scc2c1N(C[C@H](C)NC(=O)OC(C)(C)C)C(=O)CO2. The number of esters is 1. The Kier molecular flexibility index (Phi) is 5.56. The topological polar surface area (TPSA) is 94.2 Å². The molecule has 25 heavy (non-hydrogen) atoms. The third kappa shape index (κ3) is 4.62. The third-order valence-electron chi connectivity index (χ3n) is 3.24. The Morgan fingerprint density at radius 1 is 1.44 bits per heavy atom. The van der Waals surface area contributed by atoms with E-state index in [1.165, 1.54) is 12.0 Å². The number of fused-ring (bicyclic) bond motifs is 1. The molecule has 2 heterocycles. The highest BCUT2D eigenvalue weighted by atomic mass is 32.1. The van der Waals surface area contributed by atoms with E-state index < -0.39 is 23.7 Å². The lowest BCUT2D eigenvalue weighted by Crippen LogP contribution is -2.48. The second kappa shape index (κ2) is 7.30. The van der Waals surface area contributed by atoms with Gasteiger partial charge in [0, 0.05) is 18.0 Å². The van der Waals surface area contributed by atoms with Gasteiger partial charge < -0.3 is 24.4 Å². The molecule has 0 saturated carbocycles. The van der Waals surface area contributed by atoms with Crippen molar-refractivity contribution in [2.24, 2.45) is 0 Å². The van der Waals surface area contributed by atoms with Gasteiger partial charge in [-0.15, -0.1) is 11.3 Å². The number of carbonyl (C=O) groups is 3. The van der Waals surface area contributed by atoms with E-state index in [-0.39, 0.29) is 23.9 Å². The Labute approximate surface area is 150 Å². The van der Waals surface area contributed by atoms with E-state index in [1.807, 2.05) is 0 Å². The smallest absolute Gasteiger partial charge is 0.407 e. The van der Waals surface area contributed by atoms with Crippen molar-refractivity contribution in [1.29, 1.82) is 0 Å². The molecule has 0 unspecified atom stereocenters. The number of hydrogen-bond acceptors (Lipinski definition) is 7. The molecule has 1 aliphatic heterocycles. The second-order valence-electron chi connectivity index (χ2n) is 6.61. The third-order valence-corrected chi connectivity index (χ3v) is 4.17. The number of ether oxygens (including phenoxy) is 3. The predicted octanol–water partition coefficient (Wildman–Crippen LogP) is 2.17. The van der Waals surface area contributed by atoms with Crippen LogP contribution in [0.4, 0.5) is 10.5 Å². The summed E-state index contributed by atoms with van der Waals surface area (Å²) < 4.78 is 15.3. The van der Waals surface area contributed by atoms with Crippen LogP contribution in [0.25, 0.3) is 0 Å². The van der Waals surface area contributed by atoms with Crippen molar-refractivity contribution < 1.29 is 28.6 Å². The van der Waals surface area contributed by atoms with E-state index in [0.717, 1.165) is 11.3 Å². The van der Waals surface area contributed by atoms with E-state index in [9.17, 15) is 14.4 Å². The number of alkyl carbamates (subject to hydrolysis) is 1. The van der Waals surface area contributed by atoms with Gasteiger partial charge in [0.25, 0.3) is 5.91 Å². The number of carbonyl (C=O) groups excluding carboxylic acids is 3. The molecular weight excluding hydrogens is 348 g/mol. The molecule has 1 aliphatic rings. The monoisotopic (exact) mass is 370 g/mol. The Balaban J connectivity index is 2.14. The van der Waals surface area contributed by atoms with Gasteiger partial charge in [-0.2, -0.15) is 0 Å². The van der Waals surface area contributed by atoms with Gasteiger partial charge in [-0.25, -0.2) is 9.59 Å². The number of nitrogens with zero attached hydrogens (tertiary/aromatic N) is 1. The summed E-state index contributed by atoms with van der Waals surface area (Å²) in [5.74, 6) is -0.384. The fraction of sp³-hybridized carbons (Fsp3) is 0.562. The summed E-state index contributed by atoms with van der Waals surface area (Å²) in [4.78, 5) is 37.8. The average Bonchev–Trinajstić information content (AvgIpc) is 2.91. The Bertz CT molecular complexity index is 679. The van der Waals surface area contributed by atoms with Crippen LogP contribution >= 0.6 is 11.3 Å². The summed E-state index contributed by atoms with van der Waals surface area (Å²) >= 11 is 1.15. The quantitative estimate of drug-likeness (QED) is 0.817. The molecule has 9 heteroatoms. The average molecular weight is 370 g/mol. The van der Waals surface area contributed by atoms with E-state index in [0.29, 0.717) is 11.4 Å². The van der Waals surface area contributed by atoms with Gasteiger partial charge in [0.1, 0.15) is 16.2 Å². The lowest BCUT2D eigenvalue weighted by atomic mass is 10.2. The minimum atomic E-state index is -0.614. The van der Waals surface area contributed by atoms with Crippen LogP contribution < -0.4 is 15.0 Å². The number of hydrogen-bond donors (Lipinski definition) is 1. The van der Waals surface area contributed by atoms with E-state index in [1.54, 1.807) is 33.1 Å². The normalized spacial score (nSPS) is 15.1. The van der Waals surface area contributed by atoms with Crippen molar-refractivity contribution in [1.82, 2.24) is 5.32 Å². The maximum Gasteiger partial charge on any atom is 0.407 e. The van der Waals surface area contributed by atoms with Crippen LogP contribution in [0.5, 0.6) is 5.75 Å². The molecular formula is C16H22N2O6S. The largest absolute Gasteiger partial charge is 0.481 e. The van der Waals surface area contributed by atoms with Gasteiger partial charge in [-0.05, 0) is 27.7 Å². The molecule has 2 rings (SSSR count). The Morgan fingerprint density at radius 3 is 2.72 bits per heavy atom. The fourth-order valence-corrected chi connectivity index (χ4v) is 3.20. The number of amides is 2. The summed E-state index contributed by atoms with van der Waals surface area (Å²) in [5, 5.41) is 4.34. The van der Waals surface area contributed by atoms with Crippen LogP contribution in [0.3, 0.4) is 0 Å². The fourth-order valence-electron chi connectivity index (χ4n) is 2.29. The first kappa shape index (κ1) is 19.0. The van der Waals surface area contributed by atoms with E-state index in [4.69, 9.17) is 14.2 Å². The molecule has 0 aliphatic carbocycles. The molecule has 138 valence electrons. The van der Waals surface area contributed by atoms with Gasteiger partial charge in [-0.3, -0.25) is 4.79 Å². The maximum absolute atomic E-state index is 12.3. The van der Waals surface area contributed by atoms with Crippen LogP contribution in [-0.4, -0.2) is 49.9 Å². The highest BCUT2D eigenvalue weighted by molar-refractivity contribution is 7.13. The van der Waals surface area contributed by atoms with Crippen LogP contribution in [0.2, 0.25) is 0 Å². The molecule has 0 fully saturated rings. The zero-order valence-corrected chi connectivity index (χ0v) is 15.7. The second-order valence-corrected chi connectivity index (χ2v) is 7.49. The lowest BCUT2D eigenvalue weighted by molar-refractivity contribution is -0.121. The summed E-state index contributed by atoms with van der Waals surface area (Å²) in [5.41, 5.74) is -0.233. The van der Waals surface area contributed by atoms with Gasteiger partial charge in [0.2, 0.25) is 0 Å². The number of nitrogens with one attached hydrogen (secondary N) is 1. The summed E-state index contributed by atoms with van der Waals surface area (Å²) in [6.45, 7) is 7.10. The molecule has 1 aromatic rings. The minimum Gasteiger partial charge on any atom is -0.481 e. The zero-order valence-electron chi connectivity index (χ0n) is 14.9. The van der Waals surface area contributed by atoms with Crippen LogP contribution in [-0.2, 0) is 14.3 Å². The van der Waals surface area contributed by atoms with Gasteiger partial charge >= 0.3 is 12.1 Å². The Morgan fingerprint density at radius 2 is 2.12 bits per heavy atom. The number of anilines is 1. The first-order valence-corrected chi connectivity index (χ1v) is 8.63. The molecule has 1 aromatic heterocycles. The molecule has 8 nitrogen and oxygen atoms in total. The van der Waals surface area contributed by atoms with Crippen molar-refractivity contribution in [2.45, 2.75) is 39.3 Å². The predicted molar refractivity (Wildman–Crippen MR) is 92.3 cm³/mol. The molecule has 0 spiro atoms. The van der Waals surface area contributed by atoms with Crippen molar-refractivity contribution in [2.75, 3.05) is 25.2 Å². The standard InChI is InChI=1S/C16H22N2O6S/c1-9(17-15(21)24-16(2,3)4)6-18-11(19)7-23-10-8-25-13(12(10)18)14(20)22-5/h8-9H,6-7H2,1-5H3,(H,17,21)/t9-/m0/s1. The molecule has 0 aromatic carbocycles. The van der Waals surface area contributed by atoms with Crippen molar-refractivity contribution in [3.8, 4) is 5.75 Å². The van der Waals surface area contributed by atoms with Gasteiger partial charge in [-0.1, -0.05) is 0 Å². The first-order valence-electron chi connectivity index (χ1n) is 7.75. The first-order chi connectivity index (χ1) is 11.6. The summed E-state index contributed by atoms with van der Waals surface area (Å²) in [6, 6.07) is -0.393.